The van der Waals surface area contributed by atoms with Crippen LogP contribution in [0.4, 0.5) is 0 Å². The molecule has 0 aromatic heterocycles. The second kappa shape index (κ2) is 9.14. The van der Waals surface area contributed by atoms with E-state index >= 15 is 0 Å². The third-order valence-corrected chi connectivity index (χ3v) is 5.14. The summed E-state index contributed by atoms with van der Waals surface area (Å²) in [4.78, 5) is 28.2. The van der Waals surface area contributed by atoms with Gasteiger partial charge in [0.05, 0.1) is 0 Å². The number of nitrogens with zero attached hydrogens (tertiary/aromatic N) is 2. The normalized spacial score (nSPS) is 15.2. The predicted octanol–water partition coefficient (Wildman–Crippen LogP) is 0.835. The molecule has 7 heteroatoms. The van der Waals surface area contributed by atoms with E-state index in [1.165, 1.54) is 23.3 Å². The van der Waals surface area contributed by atoms with Crippen LogP contribution in [0, 0.1) is 6.92 Å². The van der Waals surface area contributed by atoms with Crippen LogP contribution in [-0.2, 0) is 6.54 Å². The zero-order valence-corrected chi connectivity index (χ0v) is 16.0. The molecule has 1 aliphatic heterocycles. The first-order valence-corrected chi connectivity index (χ1v) is 9.50. The fourth-order valence-electron chi connectivity index (χ4n) is 3.51. The van der Waals surface area contributed by atoms with Crippen LogP contribution in [0.15, 0.2) is 42.5 Å². The lowest BCUT2D eigenvalue weighted by Crippen LogP contribution is -2.36. The maximum Gasteiger partial charge on any atom is 0.489 e. The quantitative estimate of drug-likeness (QED) is 0.594. The predicted molar refractivity (Wildman–Crippen MR) is 109 cm³/mol. The van der Waals surface area contributed by atoms with Gasteiger partial charge in [-0.05, 0) is 36.5 Å². The van der Waals surface area contributed by atoms with E-state index in [1.54, 1.807) is 11.0 Å². The zero-order valence-electron chi connectivity index (χ0n) is 16.0. The van der Waals surface area contributed by atoms with Crippen molar-refractivity contribution in [2.75, 3.05) is 26.2 Å². The molecule has 0 unspecified atom stereocenters. The molecule has 2 aromatic rings. The molecule has 3 rings (SSSR count). The van der Waals surface area contributed by atoms with Gasteiger partial charge in [0.15, 0.2) is 0 Å². The summed E-state index contributed by atoms with van der Waals surface area (Å²) < 4.78 is 0. The number of aldehydes is 1. The summed E-state index contributed by atoms with van der Waals surface area (Å²) in [7, 11) is -1.74. The minimum absolute atomic E-state index is 0.103. The van der Waals surface area contributed by atoms with E-state index in [0.717, 1.165) is 26.1 Å². The summed E-state index contributed by atoms with van der Waals surface area (Å²) in [6, 6.07) is 12.9. The molecule has 1 heterocycles. The summed E-state index contributed by atoms with van der Waals surface area (Å²) in [6.07, 6.45) is 1.42. The highest BCUT2D eigenvalue weighted by Gasteiger charge is 2.23. The van der Waals surface area contributed by atoms with Gasteiger partial charge in [0.1, 0.15) is 6.29 Å². The standard InChI is InChI=1S/C21H25BN2O4/c1-16-3-5-17(6-4-16)14-23-9-2-10-24(12-11-23)21(26)18-7-8-20(22(27)28)19(13-18)15-25/h3-8,13,15,27-28H,2,9-12,14H2,1H3. The Morgan fingerprint density at radius 3 is 2.50 bits per heavy atom. The number of amides is 1. The Morgan fingerprint density at radius 2 is 1.82 bits per heavy atom. The van der Waals surface area contributed by atoms with Crippen LogP contribution in [0.1, 0.15) is 38.3 Å². The second-order valence-electron chi connectivity index (χ2n) is 7.24. The first kappa shape index (κ1) is 20.3. The van der Waals surface area contributed by atoms with Crippen LogP contribution in [0.3, 0.4) is 0 Å². The topological polar surface area (TPSA) is 81.1 Å². The maximum absolute atomic E-state index is 12.9. The number of rotatable bonds is 5. The van der Waals surface area contributed by atoms with E-state index in [-0.39, 0.29) is 16.9 Å². The average Bonchev–Trinajstić information content (AvgIpc) is 2.94. The van der Waals surface area contributed by atoms with Crippen molar-refractivity contribution < 1.29 is 19.6 Å². The molecule has 1 amide bonds. The highest BCUT2D eigenvalue weighted by atomic mass is 16.4. The molecule has 1 aliphatic rings. The molecular formula is C21H25BN2O4. The lowest BCUT2D eigenvalue weighted by Gasteiger charge is -2.22. The molecule has 2 N–H and O–H groups in total. The van der Waals surface area contributed by atoms with Crippen LogP contribution >= 0.6 is 0 Å². The van der Waals surface area contributed by atoms with E-state index in [9.17, 15) is 19.6 Å². The summed E-state index contributed by atoms with van der Waals surface area (Å²) in [6.45, 7) is 5.92. The highest BCUT2D eigenvalue weighted by molar-refractivity contribution is 6.60. The van der Waals surface area contributed by atoms with Crippen LogP contribution in [0.2, 0.25) is 0 Å². The van der Waals surface area contributed by atoms with Gasteiger partial charge in [-0.15, -0.1) is 0 Å². The number of hydrogen-bond acceptors (Lipinski definition) is 5. The van der Waals surface area contributed by atoms with Gasteiger partial charge >= 0.3 is 7.12 Å². The van der Waals surface area contributed by atoms with Crippen LogP contribution < -0.4 is 5.46 Å². The van der Waals surface area contributed by atoms with Crippen molar-refractivity contribution in [1.29, 1.82) is 0 Å². The Morgan fingerprint density at radius 1 is 1.07 bits per heavy atom. The summed E-state index contributed by atoms with van der Waals surface area (Å²) in [5.41, 5.74) is 3.12. The van der Waals surface area contributed by atoms with E-state index in [2.05, 4.69) is 36.1 Å². The molecule has 0 spiro atoms. The van der Waals surface area contributed by atoms with Gasteiger partial charge in [-0.25, -0.2) is 0 Å². The Labute approximate surface area is 165 Å². The average molecular weight is 380 g/mol. The molecule has 0 bridgehead atoms. The van der Waals surface area contributed by atoms with Crippen molar-refractivity contribution in [2.45, 2.75) is 19.9 Å². The lowest BCUT2D eigenvalue weighted by atomic mass is 9.77. The van der Waals surface area contributed by atoms with E-state index in [0.29, 0.717) is 24.9 Å². The first-order chi connectivity index (χ1) is 13.5. The molecule has 1 saturated heterocycles. The minimum Gasteiger partial charge on any atom is -0.423 e. The third-order valence-electron chi connectivity index (χ3n) is 5.14. The van der Waals surface area contributed by atoms with Crippen molar-refractivity contribution in [3.8, 4) is 0 Å². The Hall–Kier alpha value is -2.48. The highest BCUT2D eigenvalue weighted by Crippen LogP contribution is 2.13. The van der Waals surface area contributed by atoms with Gasteiger partial charge in [0, 0.05) is 43.9 Å². The van der Waals surface area contributed by atoms with Crippen molar-refractivity contribution in [3.05, 3.63) is 64.7 Å². The molecule has 0 saturated carbocycles. The maximum atomic E-state index is 12.9. The molecule has 1 fully saturated rings. The van der Waals surface area contributed by atoms with Gasteiger partial charge < -0.3 is 14.9 Å². The molecule has 6 nitrogen and oxygen atoms in total. The van der Waals surface area contributed by atoms with Crippen molar-refractivity contribution >= 4 is 24.8 Å². The van der Waals surface area contributed by atoms with E-state index in [4.69, 9.17) is 0 Å². The van der Waals surface area contributed by atoms with Crippen LogP contribution in [0.5, 0.6) is 0 Å². The molecule has 0 radical (unpaired) electrons. The van der Waals surface area contributed by atoms with Gasteiger partial charge in [-0.2, -0.15) is 0 Å². The second-order valence-corrected chi connectivity index (χ2v) is 7.24. The third kappa shape index (κ3) is 4.87. The molecule has 0 atom stereocenters. The number of carbonyl (C=O) groups is 2. The van der Waals surface area contributed by atoms with Crippen molar-refractivity contribution in [3.63, 3.8) is 0 Å². The van der Waals surface area contributed by atoms with E-state index < -0.39 is 7.12 Å². The molecule has 28 heavy (non-hydrogen) atoms. The summed E-state index contributed by atoms with van der Waals surface area (Å²) in [5, 5.41) is 18.6. The molecular weight excluding hydrogens is 355 g/mol. The zero-order chi connectivity index (χ0) is 20.1. The van der Waals surface area contributed by atoms with Gasteiger partial charge in [-0.1, -0.05) is 35.9 Å². The van der Waals surface area contributed by atoms with Crippen LogP contribution in [-0.4, -0.2) is 65.3 Å². The fourth-order valence-corrected chi connectivity index (χ4v) is 3.51. The van der Waals surface area contributed by atoms with Gasteiger partial charge in [-0.3, -0.25) is 14.5 Å². The Kier molecular flexibility index (Phi) is 6.62. The number of carbonyl (C=O) groups excluding carboxylic acids is 2. The van der Waals surface area contributed by atoms with E-state index in [1.807, 2.05) is 0 Å². The van der Waals surface area contributed by atoms with Crippen molar-refractivity contribution in [1.82, 2.24) is 9.80 Å². The monoisotopic (exact) mass is 380 g/mol. The largest absolute Gasteiger partial charge is 0.489 e. The molecule has 0 aliphatic carbocycles. The summed E-state index contributed by atoms with van der Waals surface area (Å²) >= 11 is 0. The smallest absolute Gasteiger partial charge is 0.423 e. The lowest BCUT2D eigenvalue weighted by molar-refractivity contribution is 0.0761. The Bertz CT molecular complexity index is 839. The van der Waals surface area contributed by atoms with Crippen LogP contribution in [0.25, 0.3) is 0 Å². The molecule has 2 aromatic carbocycles. The van der Waals surface area contributed by atoms with Gasteiger partial charge in [0.2, 0.25) is 0 Å². The SMILES string of the molecule is Cc1ccc(CN2CCCN(C(=O)c3ccc(B(O)O)c(C=O)c3)CC2)cc1. The number of benzene rings is 2. The van der Waals surface area contributed by atoms with Crippen molar-refractivity contribution in [2.24, 2.45) is 0 Å². The fraction of sp³-hybridized carbons (Fsp3) is 0.333. The first-order valence-electron chi connectivity index (χ1n) is 9.50. The van der Waals surface area contributed by atoms with Gasteiger partial charge in [0.25, 0.3) is 5.91 Å². The Balaban J connectivity index is 1.65. The number of hydrogen-bond donors (Lipinski definition) is 2. The molecule has 146 valence electrons. The minimum atomic E-state index is -1.74. The number of aryl methyl sites for hydroxylation is 1. The summed E-state index contributed by atoms with van der Waals surface area (Å²) in [5.74, 6) is -0.140.